The summed E-state index contributed by atoms with van der Waals surface area (Å²) in [5, 5.41) is 3.24. The molecule has 5 nitrogen and oxygen atoms in total. The van der Waals surface area contributed by atoms with E-state index in [2.05, 4.69) is 30.4 Å². The SMILES string of the molecule is CCC(NC(=O)C1(C)CCCN1C(=O)OCc1ccccc1)c1ccc2c(c1)CCCC2. The van der Waals surface area contributed by atoms with Crippen LogP contribution in [0.15, 0.2) is 48.5 Å². The van der Waals surface area contributed by atoms with Crippen LogP contribution < -0.4 is 5.32 Å². The Balaban J connectivity index is 1.43. The first kappa shape index (κ1) is 22.4. The number of benzene rings is 2. The lowest BCUT2D eigenvalue weighted by atomic mass is 9.88. The van der Waals surface area contributed by atoms with Crippen molar-refractivity contribution >= 4 is 12.0 Å². The number of likely N-dealkylation sites (tertiary alicyclic amines) is 1. The minimum absolute atomic E-state index is 0.0608. The molecule has 2 atom stereocenters. The molecule has 5 heteroatoms. The molecule has 2 unspecified atom stereocenters. The Morgan fingerprint density at radius 3 is 2.56 bits per heavy atom. The first-order chi connectivity index (χ1) is 15.5. The fraction of sp³-hybridized carbons (Fsp3) is 0.481. The second-order valence-electron chi connectivity index (χ2n) is 9.24. The number of carbonyl (C=O) groups is 2. The maximum absolute atomic E-state index is 13.4. The molecular weight excluding hydrogens is 400 g/mol. The Labute approximate surface area is 191 Å². The summed E-state index contributed by atoms with van der Waals surface area (Å²) < 4.78 is 5.54. The van der Waals surface area contributed by atoms with E-state index >= 15 is 0 Å². The predicted octanol–water partition coefficient (Wildman–Crippen LogP) is 5.32. The molecule has 0 bridgehead atoms. The molecule has 170 valence electrons. The number of nitrogens with zero attached hydrogens (tertiary/aromatic N) is 1. The van der Waals surface area contributed by atoms with Gasteiger partial charge in [-0.05, 0) is 74.1 Å². The van der Waals surface area contributed by atoms with Gasteiger partial charge < -0.3 is 10.1 Å². The van der Waals surface area contributed by atoms with Gasteiger partial charge in [-0.15, -0.1) is 0 Å². The van der Waals surface area contributed by atoms with E-state index in [1.54, 1.807) is 4.90 Å². The number of carbonyl (C=O) groups excluding carboxylic acids is 2. The molecule has 0 spiro atoms. The lowest BCUT2D eigenvalue weighted by Gasteiger charge is -2.34. The standard InChI is InChI=1S/C27H34N2O3/c1-3-24(23-15-14-21-12-7-8-13-22(21)18-23)28-25(30)27(2)16-9-17-29(27)26(31)32-19-20-10-5-4-6-11-20/h4-6,10-11,14-15,18,24H,3,7-9,12-13,16-17,19H2,1-2H3,(H,28,30). The Morgan fingerprint density at radius 1 is 1.06 bits per heavy atom. The average molecular weight is 435 g/mol. The summed E-state index contributed by atoms with van der Waals surface area (Å²) in [7, 11) is 0. The minimum atomic E-state index is -0.893. The molecule has 0 radical (unpaired) electrons. The van der Waals surface area contributed by atoms with Crippen molar-refractivity contribution in [1.29, 1.82) is 0 Å². The summed E-state index contributed by atoms with van der Waals surface area (Å²) >= 11 is 0. The molecule has 2 amide bonds. The molecule has 32 heavy (non-hydrogen) atoms. The van der Waals surface area contributed by atoms with E-state index in [-0.39, 0.29) is 18.6 Å². The zero-order valence-corrected chi connectivity index (χ0v) is 19.2. The monoisotopic (exact) mass is 434 g/mol. The number of amides is 2. The number of aryl methyl sites for hydroxylation is 2. The van der Waals surface area contributed by atoms with Crippen LogP contribution >= 0.6 is 0 Å². The van der Waals surface area contributed by atoms with Gasteiger partial charge >= 0.3 is 6.09 Å². The van der Waals surface area contributed by atoms with Crippen LogP contribution in [0.3, 0.4) is 0 Å². The van der Waals surface area contributed by atoms with E-state index in [1.165, 1.54) is 24.0 Å². The Kier molecular flexibility index (Phi) is 6.83. The largest absolute Gasteiger partial charge is 0.445 e. The lowest BCUT2D eigenvalue weighted by Crippen LogP contribution is -2.56. The number of hydrogen-bond donors (Lipinski definition) is 1. The van der Waals surface area contributed by atoms with Gasteiger partial charge in [0.15, 0.2) is 0 Å². The number of fused-ring (bicyclic) bond motifs is 1. The smallest absolute Gasteiger partial charge is 0.410 e. The maximum Gasteiger partial charge on any atom is 0.410 e. The third-order valence-electron chi connectivity index (χ3n) is 7.04. The summed E-state index contributed by atoms with van der Waals surface area (Å²) in [5.41, 5.74) is 4.05. The van der Waals surface area contributed by atoms with Crippen molar-refractivity contribution in [3.63, 3.8) is 0 Å². The number of rotatable bonds is 6. The Bertz CT molecular complexity index is 959. The van der Waals surface area contributed by atoms with Crippen LogP contribution in [0.25, 0.3) is 0 Å². The highest BCUT2D eigenvalue weighted by Gasteiger charge is 2.47. The molecule has 2 aliphatic rings. The van der Waals surface area contributed by atoms with Crippen LogP contribution in [0.2, 0.25) is 0 Å². The first-order valence-electron chi connectivity index (χ1n) is 11.9. The summed E-state index contributed by atoms with van der Waals surface area (Å²) in [6.07, 6.45) is 6.57. The molecule has 1 fully saturated rings. The zero-order valence-electron chi connectivity index (χ0n) is 19.2. The van der Waals surface area contributed by atoms with Crippen LogP contribution in [0.4, 0.5) is 4.79 Å². The van der Waals surface area contributed by atoms with Gasteiger partial charge in [-0.3, -0.25) is 9.69 Å². The third kappa shape index (κ3) is 4.67. The van der Waals surface area contributed by atoms with Gasteiger partial charge in [-0.25, -0.2) is 4.79 Å². The van der Waals surface area contributed by atoms with Crippen LogP contribution in [-0.2, 0) is 29.0 Å². The predicted molar refractivity (Wildman–Crippen MR) is 125 cm³/mol. The molecule has 2 aromatic carbocycles. The van der Waals surface area contributed by atoms with E-state index in [0.717, 1.165) is 36.8 Å². The van der Waals surface area contributed by atoms with Crippen molar-refractivity contribution in [3.05, 3.63) is 70.8 Å². The summed E-state index contributed by atoms with van der Waals surface area (Å²) in [6.45, 7) is 4.69. The third-order valence-corrected chi connectivity index (χ3v) is 7.04. The molecular formula is C27H34N2O3. The van der Waals surface area contributed by atoms with Crippen molar-refractivity contribution < 1.29 is 14.3 Å². The molecule has 1 aliphatic carbocycles. The molecule has 1 heterocycles. The van der Waals surface area contributed by atoms with E-state index in [4.69, 9.17) is 4.74 Å². The van der Waals surface area contributed by atoms with Gasteiger partial charge in [0.1, 0.15) is 12.1 Å². The molecule has 1 saturated heterocycles. The second kappa shape index (κ2) is 9.76. The van der Waals surface area contributed by atoms with Crippen molar-refractivity contribution in [2.75, 3.05) is 6.54 Å². The fourth-order valence-electron chi connectivity index (χ4n) is 4.99. The Hall–Kier alpha value is -2.82. The maximum atomic E-state index is 13.4. The van der Waals surface area contributed by atoms with Crippen LogP contribution in [0.5, 0.6) is 0 Å². The summed E-state index contributed by atoms with van der Waals surface area (Å²) in [6, 6.07) is 16.2. The van der Waals surface area contributed by atoms with Crippen molar-refractivity contribution in [3.8, 4) is 0 Å². The number of ether oxygens (including phenoxy) is 1. The van der Waals surface area contributed by atoms with E-state index < -0.39 is 11.6 Å². The molecule has 0 saturated carbocycles. The van der Waals surface area contributed by atoms with Gasteiger partial charge in [0.2, 0.25) is 5.91 Å². The molecule has 1 N–H and O–H groups in total. The van der Waals surface area contributed by atoms with Crippen LogP contribution in [0.1, 0.15) is 74.2 Å². The highest BCUT2D eigenvalue weighted by molar-refractivity contribution is 5.90. The minimum Gasteiger partial charge on any atom is -0.445 e. The molecule has 2 aromatic rings. The molecule has 4 rings (SSSR count). The van der Waals surface area contributed by atoms with Gasteiger partial charge in [0, 0.05) is 6.54 Å². The lowest BCUT2D eigenvalue weighted by molar-refractivity contribution is -0.131. The van der Waals surface area contributed by atoms with Gasteiger partial charge in [-0.2, -0.15) is 0 Å². The Morgan fingerprint density at radius 2 is 1.81 bits per heavy atom. The van der Waals surface area contributed by atoms with Crippen molar-refractivity contribution in [2.45, 2.75) is 77.0 Å². The van der Waals surface area contributed by atoms with Crippen LogP contribution in [-0.4, -0.2) is 29.0 Å². The molecule has 1 aliphatic heterocycles. The van der Waals surface area contributed by atoms with Crippen molar-refractivity contribution in [1.82, 2.24) is 10.2 Å². The summed E-state index contributed by atoms with van der Waals surface area (Å²) in [5.74, 6) is -0.101. The zero-order chi connectivity index (χ0) is 22.6. The number of hydrogen-bond acceptors (Lipinski definition) is 3. The number of nitrogens with one attached hydrogen (secondary N) is 1. The summed E-state index contributed by atoms with van der Waals surface area (Å²) in [4.78, 5) is 27.9. The highest BCUT2D eigenvalue weighted by Crippen LogP contribution is 2.32. The first-order valence-corrected chi connectivity index (χ1v) is 11.9. The van der Waals surface area contributed by atoms with Gasteiger partial charge in [-0.1, -0.05) is 55.5 Å². The second-order valence-corrected chi connectivity index (χ2v) is 9.24. The topological polar surface area (TPSA) is 58.6 Å². The van der Waals surface area contributed by atoms with Gasteiger partial charge in [0.05, 0.1) is 6.04 Å². The van der Waals surface area contributed by atoms with Crippen LogP contribution in [0, 0.1) is 0 Å². The normalized spacial score (nSPS) is 21.0. The van der Waals surface area contributed by atoms with Crippen molar-refractivity contribution in [2.24, 2.45) is 0 Å². The van der Waals surface area contributed by atoms with E-state index in [1.807, 2.05) is 37.3 Å². The fourth-order valence-corrected chi connectivity index (χ4v) is 4.99. The van der Waals surface area contributed by atoms with E-state index in [0.29, 0.717) is 13.0 Å². The van der Waals surface area contributed by atoms with E-state index in [9.17, 15) is 9.59 Å². The highest BCUT2D eigenvalue weighted by atomic mass is 16.6. The van der Waals surface area contributed by atoms with Gasteiger partial charge in [0.25, 0.3) is 0 Å². The average Bonchev–Trinajstić information content (AvgIpc) is 3.24. The quantitative estimate of drug-likeness (QED) is 0.669. The molecule has 0 aromatic heterocycles.